The van der Waals surface area contributed by atoms with Gasteiger partial charge in [-0.25, -0.2) is 0 Å². The van der Waals surface area contributed by atoms with Gasteiger partial charge in [0.05, 0.1) is 37.1 Å². The molecule has 1 saturated carbocycles. The fourth-order valence-electron chi connectivity index (χ4n) is 5.56. The SMILES string of the molecule is COc1ccccc1NC(=O)C[C@H](c1ccccc1)N1C(=O)[C@@H]2[C@H](C1=O)[C@H]1C=C[C@H]2CC1. The molecule has 2 fully saturated rings. The lowest BCUT2D eigenvalue weighted by Crippen LogP contribution is -2.38. The van der Waals surface area contributed by atoms with E-state index in [1.807, 2.05) is 42.5 Å². The number of likely N-dealkylation sites (tertiary alicyclic amines) is 1. The second-order valence-corrected chi connectivity index (χ2v) is 8.77. The molecule has 3 amide bonds. The van der Waals surface area contributed by atoms with Crippen LogP contribution in [0.4, 0.5) is 5.69 Å². The summed E-state index contributed by atoms with van der Waals surface area (Å²) in [6.07, 6.45) is 6.09. The van der Waals surface area contributed by atoms with Crippen LogP contribution in [0.2, 0.25) is 0 Å². The Morgan fingerprint density at radius 1 is 0.969 bits per heavy atom. The molecular formula is C26H26N2O4. The highest BCUT2D eigenvalue weighted by Crippen LogP contribution is 2.51. The number of imide groups is 1. The van der Waals surface area contributed by atoms with E-state index in [4.69, 9.17) is 4.74 Å². The van der Waals surface area contributed by atoms with Gasteiger partial charge < -0.3 is 10.1 Å². The third-order valence-corrected chi connectivity index (χ3v) is 7.05. The summed E-state index contributed by atoms with van der Waals surface area (Å²) in [6.45, 7) is 0. The van der Waals surface area contributed by atoms with Crippen molar-refractivity contribution in [1.82, 2.24) is 4.90 Å². The molecule has 0 aromatic heterocycles. The molecule has 0 spiro atoms. The number of carbonyl (C=O) groups is 3. The highest BCUT2D eigenvalue weighted by molar-refractivity contribution is 6.07. The second kappa shape index (κ2) is 8.26. The van der Waals surface area contributed by atoms with Gasteiger partial charge in [-0.1, -0.05) is 54.6 Å². The van der Waals surface area contributed by atoms with Crippen LogP contribution in [0.25, 0.3) is 0 Å². The van der Waals surface area contributed by atoms with E-state index >= 15 is 0 Å². The maximum Gasteiger partial charge on any atom is 0.234 e. The Bertz CT molecular complexity index is 1050. The number of allylic oxidation sites excluding steroid dienone is 2. The lowest BCUT2D eigenvalue weighted by molar-refractivity contribution is -0.143. The number of fused-ring (bicyclic) bond motifs is 1. The summed E-state index contributed by atoms with van der Waals surface area (Å²) in [5.41, 5.74) is 1.34. The molecular weight excluding hydrogens is 404 g/mol. The summed E-state index contributed by atoms with van der Waals surface area (Å²) in [7, 11) is 1.55. The van der Waals surface area contributed by atoms with Crippen molar-refractivity contribution in [2.45, 2.75) is 25.3 Å². The average molecular weight is 431 g/mol. The van der Waals surface area contributed by atoms with Gasteiger partial charge in [0.25, 0.3) is 0 Å². The van der Waals surface area contributed by atoms with E-state index < -0.39 is 6.04 Å². The summed E-state index contributed by atoms with van der Waals surface area (Å²) in [4.78, 5) is 41.5. The quantitative estimate of drug-likeness (QED) is 0.556. The lowest BCUT2D eigenvalue weighted by atomic mass is 9.63. The van der Waals surface area contributed by atoms with Crippen LogP contribution >= 0.6 is 0 Å². The van der Waals surface area contributed by atoms with Crippen molar-refractivity contribution in [3.05, 3.63) is 72.3 Å². The van der Waals surface area contributed by atoms with Crippen molar-refractivity contribution < 1.29 is 19.1 Å². The highest BCUT2D eigenvalue weighted by Gasteiger charge is 2.58. The van der Waals surface area contributed by atoms with Crippen molar-refractivity contribution in [1.29, 1.82) is 0 Å². The maximum absolute atomic E-state index is 13.5. The van der Waals surface area contributed by atoms with Crippen LogP contribution < -0.4 is 10.1 Å². The summed E-state index contributed by atoms with van der Waals surface area (Å²) >= 11 is 0. The van der Waals surface area contributed by atoms with Gasteiger partial charge in [-0.3, -0.25) is 19.3 Å². The number of rotatable bonds is 6. The minimum Gasteiger partial charge on any atom is -0.495 e. The molecule has 6 heteroatoms. The molecule has 4 aliphatic rings. The van der Waals surface area contributed by atoms with Crippen molar-refractivity contribution in [3.63, 3.8) is 0 Å². The van der Waals surface area contributed by atoms with Crippen LogP contribution in [0, 0.1) is 23.7 Å². The number of para-hydroxylation sites is 2. The highest BCUT2D eigenvalue weighted by atomic mass is 16.5. The molecule has 6 rings (SSSR count). The molecule has 1 saturated heterocycles. The third kappa shape index (κ3) is 3.40. The van der Waals surface area contributed by atoms with Crippen molar-refractivity contribution in [3.8, 4) is 5.75 Å². The van der Waals surface area contributed by atoms with Crippen LogP contribution in [-0.2, 0) is 14.4 Å². The van der Waals surface area contributed by atoms with Gasteiger partial charge in [-0.05, 0) is 42.4 Å². The Labute approximate surface area is 187 Å². The zero-order chi connectivity index (χ0) is 22.2. The van der Waals surface area contributed by atoms with Gasteiger partial charge in [0.2, 0.25) is 17.7 Å². The van der Waals surface area contributed by atoms with E-state index in [1.54, 1.807) is 19.2 Å². The van der Waals surface area contributed by atoms with E-state index in [9.17, 15) is 14.4 Å². The van der Waals surface area contributed by atoms with Crippen LogP contribution in [0.3, 0.4) is 0 Å². The fraction of sp³-hybridized carbons (Fsp3) is 0.346. The Balaban J connectivity index is 1.44. The number of nitrogens with zero attached hydrogens (tertiary/aromatic N) is 1. The minimum absolute atomic E-state index is 0.0122. The summed E-state index contributed by atoms with van der Waals surface area (Å²) in [5, 5.41) is 2.88. The predicted molar refractivity (Wildman–Crippen MR) is 120 cm³/mol. The van der Waals surface area contributed by atoms with Crippen LogP contribution in [0.1, 0.15) is 30.9 Å². The van der Waals surface area contributed by atoms with Crippen molar-refractivity contribution in [2.24, 2.45) is 23.7 Å². The summed E-state index contributed by atoms with van der Waals surface area (Å²) in [5.74, 6) is -0.366. The van der Waals surface area contributed by atoms with Gasteiger partial charge >= 0.3 is 0 Å². The number of anilines is 1. The molecule has 0 unspecified atom stereocenters. The molecule has 32 heavy (non-hydrogen) atoms. The first-order valence-electron chi connectivity index (χ1n) is 11.1. The summed E-state index contributed by atoms with van der Waals surface area (Å²) < 4.78 is 5.32. The Kier molecular flexibility index (Phi) is 5.29. The minimum atomic E-state index is -0.643. The van der Waals surface area contributed by atoms with Crippen LogP contribution in [-0.4, -0.2) is 29.7 Å². The first-order chi connectivity index (χ1) is 15.6. The van der Waals surface area contributed by atoms with E-state index in [2.05, 4.69) is 17.5 Å². The summed E-state index contributed by atoms with van der Waals surface area (Å²) in [6, 6.07) is 15.9. The molecule has 3 aliphatic carbocycles. The van der Waals surface area contributed by atoms with Gasteiger partial charge in [-0.2, -0.15) is 0 Å². The zero-order valence-corrected chi connectivity index (χ0v) is 17.9. The van der Waals surface area contributed by atoms with Crippen molar-refractivity contribution >= 4 is 23.4 Å². The Morgan fingerprint density at radius 3 is 2.16 bits per heavy atom. The van der Waals surface area contributed by atoms with Crippen LogP contribution in [0.5, 0.6) is 5.75 Å². The number of amides is 3. The average Bonchev–Trinajstić information content (AvgIpc) is 3.11. The molecule has 2 bridgehead atoms. The van der Waals surface area contributed by atoms with E-state index in [-0.39, 0.29) is 47.8 Å². The zero-order valence-electron chi connectivity index (χ0n) is 17.9. The predicted octanol–water partition coefficient (Wildman–Crippen LogP) is 3.96. The number of methoxy groups -OCH3 is 1. The van der Waals surface area contributed by atoms with E-state index in [0.29, 0.717) is 11.4 Å². The molecule has 5 atom stereocenters. The van der Waals surface area contributed by atoms with E-state index in [0.717, 1.165) is 18.4 Å². The van der Waals surface area contributed by atoms with Crippen molar-refractivity contribution in [2.75, 3.05) is 12.4 Å². The largest absolute Gasteiger partial charge is 0.495 e. The number of nitrogens with one attached hydrogen (secondary N) is 1. The van der Waals surface area contributed by atoms with Gasteiger partial charge in [-0.15, -0.1) is 0 Å². The fourth-order valence-corrected chi connectivity index (χ4v) is 5.56. The molecule has 1 heterocycles. The number of hydrogen-bond acceptors (Lipinski definition) is 4. The van der Waals surface area contributed by atoms with Crippen LogP contribution in [0.15, 0.2) is 66.7 Å². The Hall–Kier alpha value is -3.41. The molecule has 2 aromatic carbocycles. The smallest absolute Gasteiger partial charge is 0.234 e. The van der Waals surface area contributed by atoms with Gasteiger partial charge in [0, 0.05) is 0 Å². The number of carbonyl (C=O) groups excluding carboxylic acids is 3. The monoisotopic (exact) mass is 430 g/mol. The first kappa shape index (κ1) is 20.5. The van der Waals surface area contributed by atoms with E-state index in [1.165, 1.54) is 4.90 Å². The Morgan fingerprint density at radius 2 is 1.56 bits per heavy atom. The van der Waals surface area contributed by atoms with Gasteiger partial charge in [0.1, 0.15) is 5.75 Å². The number of hydrogen-bond donors (Lipinski definition) is 1. The molecule has 2 aromatic rings. The normalized spacial score (nSPS) is 26.7. The first-order valence-corrected chi connectivity index (χ1v) is 11.1. The standard InChI is InChI=1S/C26H26N2O4/c1-32-21-10-6-5-9-19(21)27-22(29)15-20(16-7-3-2-4-8-16)28-25(30)23-17-11-12-18(14-13-17)24(23)26(28)31/h2-12,17-18,20,23-24H,13-15H2,1H3,(H,27,29)/t17-,18-,20+,23-,24+/m0/s1. The topological polar surface area (TPSA) is 75.7 Å². The molecule has 164 valence electrons. The molecule has 0 radical (unpaired) electrons. The second-order valence-electron chi connectivity index (χ2n) is 8.77. The maximum atomic E-state index is 13.5. The number of ether oxygens (including phenoxy) is 1. The molecule has 1 N–H and O–H groups in total. The molecule has 6 nitrogen and oxygen atoms in total. The number of benzene rings is 2. The lowest BCUT2D eigenvalue weighted by Gasteiger charge is -2.38. The molecule has 1 aliphatic heterocycles. The third-order valence-electron chi connectivity index (χ3n) is 7.05. The van der Waals surface area contributed by atoms with Gasteiger partial charge in [0.15, 0.2) is 0 Å².